The van der Waals surface area contributed by atoms with Gasteiger partial charge in [0.05, 0.1) is 6.54 Å². The molecule has 0 radical (unpaired) electrons. The normalized spacial score (nSPS) is 17.0. The Balaban J connectivity index is 1.79. The van der Waals surface area contributed by atoms with Crippen LogP contribution in [0, 0.1) is 41.5 Å². The first-order chi connectivity index (χ1) is 14.3. The van der Waals surface area contributed by atoms with Crippen molar-refractivity contribution in [2.45, 2.75) is 60.5 Å². The fraction of sp³-hybridized carbons (Fsp3) is 0.423. The van der Waals surface area contributed by atoms with Gasteiger partial charge in [-0.1, -0.05) is 35.4 Å². The predicted molar refractivity (Wildman–Crippen MR) is 125 cm³/mol. The topological polar surface area (TPSA) is 26.8 Å². The molecule has 158 valence electrons. The number of nitrogens with zero attached hydrogens (tertiary/aromatic N) is 3. The number of carbonyl (C=O) groups excluding carboxylic acids is 1. The molecule has 2 aliphatic rings. The van der Waals surface area contributed by atoms with Gasteiger partial charge in [-0.15, -0.1) is 0 Å². The molecule has 1 fully saturated rings. The second-order valence-corrected chi connectivity index (χ2v) is 9.03. The van der Waals surface area contributed by atoms with E-state index in [4.69, 9.17) is 0 Å². The lowest BCUT2D eigenvalue weighted by molar-refractivity contribution is -0.127. The Morgan fingerprint density at radius 1 is 0.767 bits per heavy atom. The summed E-state index contributed by atoms with van der Waals surface area (Å²) in [5.74, 6) is 0.275. The highest BCUT2D eigenvalue weighted by Crippen LogP contribution is 2.37. The van der Waals surface area contributed by atoms with Crippen molar-refractivity contribution in [1.82, 2.24) is 4.90 Å². The standard InChI is InChI=1S/C26H33N3O/c1-17-12-19(3)25(20(4)13-17)28-10-11-29(23(28)16-27-9-7-8-24(27)30)26-21(5)14-18(2)15-22(26)6/h10-15,23H,7-9,16H2,1-6H3. The van der Waals surface area contributed by atoms with Crippen LogP contribution in [0.3, 0.4) is 0 Å². The van der Waals surface area contributed by atoms with E-state index < -0.39 is 0 Å². The number of aryl methyl sites for hydroxylation is 6. The van der Waals surface area contributed by atoms with Gasteiger partial charge in [0.1, 0.15) is 6.17 Å². The van der Waals surface area contributed by atoms with Crippen LogP contribution in [0.15, 0.2) is 36.7 Å². The molecule has 2 aromatic carbocycles. The molecule has 1 saturated heterocycles. The maximum atomic E-state index is 12.5. The van der Waals surface area contributed by atoms with Crippen molar-refractivity contribution in [2.75, 3.05) is 22.9 Å². The third-order valence-corrected chi connectivity index (χ3v) is 6.37. The van der Waals surface area contributed by atoms with E-state index in [1.54, 1.807) is 0 Å². The molecule has 30 heavy (non-hydrogen) atoms. The van der Waals surface area contributed by atoms with E-state index in [9.17, 15) is 4.79 Å². The monoisotopic (exact) mass is 403 g/mol. The van der Waals surface area contributed by atoms with Gasteiger partial charge in [0.15, 0.2) is 0 Å². The van der Waals surface area contributed by atoms with E-state index in [0.717, 1.165) is 13.0 Å². The van der Waals surface area contributed by atoms with Crippen molar-refractivity contribution >= 4 is 17.3 Å². The molecule has 0 bridgehead atoms. The Bertz CT molecular complexity index is 909. The number of anilines is 2. The van der Waals surface area contributed by atoms with Crippen LogP contribution < -0.4 is 9.80 Å². The molecule has 0 spiro atoms. The molecule has 0 aromatic heterocycles. The first-order valence-corrected chi connectivity index (χ1v) is 10.9. The number of hydrogen-bond donors (Lipinski definition) is 0. The number of rotatable bonds is 4. The summed E-state index contributed by atoms with van der Waals surface area (Å²) in [4.78, 5) is 19.2. The van der Waals surface area contributed by atoms with Gasteiger partial charge in [0.2, 0.25) is 5.91 Å². The minimum atomic E-state index is 0.0484. The molecule has 0 saturated carbocycles. The highest BCUT2D eigenvalue weighted by atomic mass is 16.2. The minimum absolute atomic E-state index is 0.0484. The smallest absolute Gasteiger partial charge is 0.222 e. The average Bonchev–Trinajstić information content (AvgIpc) is 3.21. The largest absolute Gasteiger partial charge is 0.339 e. The molecule has 2 aromatic rings. The minimum Gasteiger partial charge on any atom is -0.339 e. The van der Waals surface area contributed by atoms with Crippen molar-refractivity contribution in [3.05, 3.63) is 70.0 Å². The van der Waals surface area contributed by atoms with E-state index in [2.05, 4.69) is 88.0 Å². The number of amides is 1. The first-order valence-electron chi connectivity index (χ1n) is 10.9. The Morgan fingerprint density at radius 2 is 1.20 bits per heavy atom. The number of carbonyl (C=O) groups is 1. The molecule has 0 atom stereocenters. The quantitative estimate of drug-likeness (QED) is 0.695. The fourth-order valence-electron chi connectivity index (χ4n) is 5.35. The van der Waals surface area contributed by atoms with Gasteiger partial charge in [0.25, 0.3) is 0 Å². The molecule has 2 heterocycles. The van der Waals surface area contributed by atoms with E-state index >= 15 is 0 Å². The molecular weight excluding hydrogens is 370 g/mol. The lowest BCUT2D eigenvalue weighted by atomic mass is 10.0. The van der Waals surface area contributed by atoms with Gasteiger partial charge in [-0.2, -0.15) is 0 Å². The Morgan fingerprint density at radius 3 is 1.57 bits per heavy atom. The van der Waals surface area contributed by atoms with Crippen molar-refractivity contribution < 1.29 is 4.79 Å². The Labute approximate surface area is 180 Å². The second-order valence-electron chi connectivity index (χ2n) is 9.03. The Hall–Kier alpha value is -2.75. The predicted octanol–water partition coefficient (Wildman–Crippen LogP) is 5.28. The van der Waals surface area contributed by atoms with Gasteiger partial charge in [-0.05, 0) is 70.2 Å². The van der Waals surface area contributed by atoms with Crippen LogP contribution in [-0.4, -0.2) is 30.1 Å². The molecule has 0 N–H and O–H groups in total. The van der Waals surface area contributed by atoms with Crippen LogP contribution in [0.1, 0.15) is 46.2 Å². The summed E-state index contributed by atoms with van der Waals surface area (Å²) in [7, 11) is 0. The van der Waals surface area contributed by atoms with Crippen molar-refractivity contribution in [3.63, 3.8) is 0 Å². The molecule has 0 unspecified atom stereocenters. The van der Waals surface area contributed by atoms with E-state index in [1.165, 1.54) is 44.8 Å². The molecule has 1 amide bonds. The number of benzene rings is 2. The summed E-state index contributed by atoms with van der Waals surface area (Å²) in [6, 6.07) is 9.00. The van der Waals surface area contributed by atoms with Gasteiger partial charge in [-0.25, -0.2) is 0 Å². The summed E-state index contributed by atoms with van der Waals surface area (Å²) in [6.07, 6.45) is 6.06. The summed E-state index contributed by atoms with van der Waals surface area (Å²) in [5, 5.41) is 0. The summed E-state index contributed by atoms with van der Waals surface area (Å²) >= 11 is 0. The second kappa shape index (κ2) is 7.82. The summed E-state index contributed by atoms with van der Waals surface area (Å²) < 4.78 is 0. The van der Waals surface area contributed by atoms with Crippen LogP contribution >= 0.6 is 0 Å². The number of likely N-dealkylation sites (tertiary alicyclic amines) is 1. The van der Waals surface area contributed by atoms with Crippen LogP contribution in [0.4, 0.5) is 11.4 Å². The molecule has 4 heteroatoms. The number of hydrogen-bond acceptors (Lipinski definition) is 3. The van der Waals surface area contributed by atoms with Crippen LogP contribution in [0.2, 0.25) is 0 Å². The molecule has 4 rings (SSSR count). The van der Waals surface area contributed by atoms with E-state index in [0.29, 0.717) is 13.0 Å². The highest BCUT2D eigenvalue weighted by molar-refractivity contribution is 5.79. The lowest BCUT2D eigenvalue weighted by Crippen LogP contribution is -2.48. The molecule has 2 aliphatic heterocycles. The van der Waals surface area contributed by atoms with Crippen LogP contribution in [-0.2, 0) is 4.79 Å². The maximum Gasteiger partial charge on any atom is 0.222 e. The fourth-order valence-corrected chi connectivity index (χ4v) is 5.35. The Kier molecular flexibility index (Phi) is 5.35. The maximum absolute atomic E-state index is 12.5. The molecule has 4 nitrogen and oxygen atoms in total. The first kappa shape index (κ1) is 20.5. The van der Waals surface area contributed by atoms with Crippen molar-refractivity contribution in [3.8, 4) is 0 Å². The van der Waals surface area contributed by atoms with Gasteiger partial charge >= 0.3 is 0 Å². The summed E-state index contributed by atoms with van der Waals surface area (Å²) in [5.41, 5.74) is 10.2. The third-order valence-electron chi connectivity index (χ3n) is 6.37. The van der Waals surface area contributed by atoms with Crippen molar-refractivity contribution in [1.29, 1.82) is 0 Å². The van der Waals surface area contributed by atoms with E-state index in [-0.39, 0.29) is 12.1 Å². The van der Waals surface area contributed by atoms with Gasteiger partial charge in [0, 0.05) is 36.7 Å². The third kappa shape index (κ3) is 3.60. The highest BCUT2D eigenvalue weighted by Gasteiger charge is 2.35. The summed E-state index contributed by atoms with van der Waals surface area (Å²) in [6.45, 7) is 14.6. The van der Waals surface area contributed by atoms with Crippen molar-refractivity contribution in [2.24, 2.45) is 0 Å². The zero-order valence-corrected chi connectivity index (χ0v) is 19.1. The van der Waals surface area contributed by atoms with Crippen LogP contribution in [0.25, 0.3) is 0 Å². The SMILES string of the molecule is Cc1cc(C)c(N2C=CN(c3c(C)cc(C)cc3C)C2CN2CCCC2=O)c(C)c1. The molecular formula is C26H33N3O. The zero-order chi connectivity index (χ0) is 21.6. The zero-order valence-electron chi connectivity index (χ0n) is 19.1. The lowest BCUT2D eigenvalue weighted by Gasteiger charge is -2.38. The van der Waals surface area contributed by atoms with Gasteiger partial charge < -0.3 is 14.7 Å². The molecule has 0 aliphatic carbocycles. The van der Waals surface area contributed by atoms with Gasteiger partial charge in [-0.3, -0.25) is 4.79 Å². The van der Waals surface area contributed by atoms with E-state index in [1.807, 2.05) is 4.90 Å². The van der Waals surface area contributed by atoms with Crippen LogP contribution in [0.5, 0.6) is 0 Å². The average molecular weight is 404 g/mol.